The number of rotatable bonds is 11. The molecule has 1 aromatic heterocycles. The van der Waals surface area contributed by atoms with Crippen LogP contribution in [-0.2, 0) is 17.9 Å². The molecule has 186 valence electrons. The molecule has 6 nitrogen and oxygen atoms in total. The zero-order valence-corrected chi connectivity index (χ0v) is 21.4. The summed E-state index contributed by atoms with van der Waals surface area (Å²) in [6.45, 7) is 6.99. The van der Waals surface area contributed by atoms with E-state index in [0.717, 1.165) is 68.5 Å². The molecule has 7 heteroatoms. The van der Waals surface area contributed by atoms with Crippen molar-refractivity contribution in [2.24, 2.45) is 0 Å². The summed E-state index contributed by atoms with van der Waals surface area (Å²) in [7, 11) is 0. The summed E-state index contributed by atoms with van der Waals surface area (Å²) >= 11 is 5.68. The van der Waals surface area contributed by atoms with Crippen LogP contribution in [0.5, 0.6) is 5.75 Å². The lowest BCUT2D eigenvalue weighted by molar-refractivity contribution is 0.116. The molecule has 0 spiro atoms. The predicted octanol–water partition coefficient (Wildman–Crippen LogP) is 5.86. The van der Waals surface area contributed by atoms with Gasteiger partial charge in [-0.15, -0.1) is 0 Å². The lowest BCUT2D eigenvalue weighted by Crippen LogP contribution is -2.40. The van der Waals surface area contributed by atoms with Gasteiger partial charge in [-0.25, -0.2) is 4.98 Å². The van der Waals surface area contributed by atoms with E-state index in [2.05, 4.69) is 45.2 Å². The van der Waals surface area contributed by atoms with E-state index in [1.807, 2.05) is 43.5 Å². The lowest BCUT2D eigenvalue weighted by atomic mass is 9.96. The average Bonchev–Trinajstić information content (AvgIpc) is 3.37. The van der Waals surface area contributed by atoms with Crippen molar-refractivity contribution in [2.75, 3.05) is 31.6 Å². The molecular weight excluding hydrogens is 456 g/mol. The average molecular weight is 493 g/mol. The Kier molecular flexibility index (Phi) is 9.55. The SMILES string of the molecule is CCOc1ccc(NC(=S)N2CCC(c3nccn3CCCCOCc3ccccc3)CC2)cc1. The Morgan fingerprint density at radius 3 is 2.57 bits per heavy atom. The van der Waals surface area contributed by atoms with Crippen molar-refractivity contribution in [3.05, 3.63) is 78.4 Å². The first-order valence-electron chi connectivity index (χ1n) is 12.6. The molecule has 0 atom stereocenters. The Balaban J connectivity index is 1.17. The quantitative estimate of drug-likeness (QED) is 0.267. The molecule has 1 aliphatic heterocycles. The van der Waals surface area contributed by atoms with E-state index in [4.69, 9.17) is 26.7 Å². The molecule has 1 fully saturated rings. The van der Waals surface area contributed by atoms with Gasteiger partial charge in [0.2, 0.25) is 0 Å². The van der Waals surface area contributed by atoms with Crippen LogP contribution in [0.3, 0.4) is 0 Å². The number of nitrogens with zero attached hydrogens (tertiary/aromatic N) is 3. The minimum atomic E-state index is 0.476. The van der Waals surface area contributed by atoms with Crippen LogP contribution >= 0.6 is 12.2 Å². The van der Waals surface area contributed by atoms with Gasteiger partial charge in [-0.2, -0.15) is 0 Å². The first-order valence-corrected chi connectivity index (χ1v) is 13.0. The summed E-state index contributed by atoms with van der Waals surface area (Å²) in [6, 6.07) is 18.3. The molecule has 1 saturated heterocycles. The highest BCUT2D eigenvalue weighted by molar-refractivity contribution is 7.80. The number of piperidine rings is 1. The van der Waals surface area contributed by atoms with Crippen molar-refractivity contribution < 1.29 is 9.47 Å². The zero-order valence-electron chi connectivity index (χ0n) is 20.6. The fraction of sp³-hybridized carbons (Fsp3) is 0.429. The van der Waals surface area contributed by atoms with Crippen LogP contribution in [0.2, 0.25) is 0 Å². The molecule has 0 aliphatic carbocycles. The number of unbranched alkanes of at least 4 members (excludes halogenated alkanes) is 1. The third kappa shape index (κ3) is 7.54. The Labute approximate surface area is 214 Å². The van der Waals surface area contributed by atoms with Gasteiger partial charge in [-0.05, 0) is 74.7 Å². The number of likely N-dealkylation sites (tertiary alicyclic amines) is 1. The van der Waals surface area contributed by atoms with Crippen LogP contribution in [0.4, 0.5) is 5.69 Å². The van der Waals surface area contributed by atoms with E-state index in [1.54, 1.807) is 0 Å². The molecule has 0 saturated carbocycles. The fourth-order valence-electron chi connectivity index (χ4n) is 4.46. The monoisotopic (exact) mass is 492 g/mol. The summed E-state index contributed by atoms with van der Waals surface area (Å²) in [5.41, 5.74) is 2.22. The molecule has 2 heterocycles. The van der Waals surface area contributed by atoms with Crippen molar-refractivity contribution in [3.63, 3.8) is 0 Å². The molecule has 1 aliphatic rings. The number of aromatic nitrogens is 2. The number of hydrogen-bond acceptors (Lipinski definition) is 4. The van der Waals surface area contributed by atoms with E-state index in [-0.39, 0.29) is 0 Å². The number of anilines is 1. The Morgan fingerprint density at radius 2 is 1.83 bits per heavy atom. The molecule has 0 amide bonds. The zero-order chi connectivity index (χ0) is 24.3. The maximum atomic E-state index is 5.82. The third-order valence-electron chi connectivity index (χ3n) is 6.36. The number of aryl methyl sites for hydroxylation is 1. The Hall–Kier alpha value is -2.90. The smallest absolute Gasteiger partial charge is 0.173 e. The van der Waals surface area contributed by atoms with Crippen LogP contribution in [-0.4, -0.2) is 45.9 Å². The third-order valence-corrected chi connectivity index (χ3v) is 6.72. The van der Waals surface area contributed by atoms with Crippen molar-refractivity contribution in [1.29, 1.82) is 0 Å². The van der Waals surface area contributed by atoms with Crippen LogP contribution in [0.25, 0.3) is 0 Å². The van der Waals surface area contributed by atoms with Gasteiger partial charge in [0.25, 0.3) is 0 Å². The first-order chi connectivity index (χ1) is 17.2. The highest BCUT2D eigenvalue weighted by Crippen LogP contribution is 2.28. The summed E-state index contributed by atoms with van der Waals surface area (Å²) < 4.78 is 13.7. The standard InChI is InChI=1S/C28H36N4O2S/c1-2-34-26-12-10-25(11-13-26)30-28(35)32-18-14-24(15-19-32)27-29-16-20-31(27)17-6-7-21-33-22-23-8-4-3-5-9-23/h3-5,8-13,16,20,24H,2,6-7,14-15,17-19,21-22H2,1H3,(H,30,35). The topological polar surface area (TPSA) is 51.5 Å². The van der Waals surface area contributed by atoms with E-state index in [0.29, 0.717) is 19.1 Å². The normalized spacial score (nSPS) is 14.1. The Bertz CT molecular complexity index is 1030. The van der Waals surface area contributed by atoms with E-state index < -0.39 is 0 Å². The molecule has 4 rings (SSSR count). The fourth-order valence-corrected chi connectivity index (χ4v) is 4.77. The second kappa shape index (κ2) is 13.3. The molecular formula is C28H36N4O2S. The molecule has 35 heavy (non-hydrogen) atoms. The highest BCUT2D eigenvalue weighted by atomic mass is 32.1. The maximum Gasteiger partial charge on any atom is 0.173 e. The van der Waals surface area contributed by atoms with Crippen molar-refractivity contribution in [2.45, 2.75) is 51.7 Å². The van der Waals surface area contributed by atoms with E-state index in [1.165, 1.54) is 11.4 Å². The molecule has 0 radical (unpaired) electrons. The number of benzene rings is 2. The van der Waals surface area contributed by atoms with Gasteiger partial charge in [0, 0.05) is 50.2 Å². The summed E-state index contributed by atoms with van der Waals surface area (Å²) in [5.74, 6) is 2.56. The van der Waals surface area contributed by atoms with Crippen molar-refractivity contribution >= 4 is 23.0 Å². The second-order valence-corrected chi connectivity index (χ2v) is 9.26. The number of hydrogen-bond donors (Lipinski definition) is 1. The summed E-state index contributed by atoms with van der Waals surface area (Å²) in [5, 5.41) is 4.15. The van der Waals surface area contributed by atoms with Crippen LogP contribution in [0.1, 0.15) is 49.9 Å². The number of imidazole rings is 1. The van der Waals surface area contributed by atoms with Gasteiger partial charge < -0.3 is 24.3 Å². The highest BCUT2D eigenvalue weighted by Gasteiger charge is 2.25. The van der Waals surface area contributed by atoms with Gasteiger partial charge in [-0.3, -0.25) is 0 Å². The minimum absolute atomic E-state index is 0.476. The molecule has 1 N–H and O–H groups in total. The number of thiocarbonyl (C=S) groups is 1. The first kappa shape index (κ1) is 25.2. The predicted molar refractivity (Wildman–Crippen MR) is 145 cm³/mol. The van der Waals surface area contributed by atoms with Crippen LogP contribution < -0.4 is 10.1 Å². The van der Waals surface area contributed by atoms with Gasteiger partial charge in [0.05, 0.1) is 13.2 Å². The number of ether oxygens (including phenoxy) is 2. The molecule has 2 aromatic carbocycles. The Morgan fingerprint density at radius 1 is 1.06 bits per heavy atom. The van der Waals surface area contributed by atoms with Crippen molar-refractivity contribution in [1.82, 2.24) is 14.5 Å². The van der Waals surface area contributed by atoms with Crippen LogP contribution in [0, 0.1) is 0 Å². The lowest BCUT2D eigenvalue weighted by Gasteiger charge is -2.33. The molecule has 3 aromatic rings. The van der Waals surface area contributed by atoms with Gasteiger partial charge in [0.15, 0.2) is 5.11 Å². The minimum Gasteiger partial charge on any atom is -0.494 e. The van der Waals surface area contributed by atoms with E-state index in [9.17, 15) is 0 Å². The maximum absolute atomic E-state index is 5.82. The van der Waals surface area contributed by atoms with Crippen LogP contribution in [0.15, 0.2) is 67.0 Å². The van der Waals surface area contributed by atoms with Gasteiger partial charge >= 0.3 is 0 Å². The second-order valence-electron chi connectivity index (χ2n) is 8.87. The number of nitrogens with one attached hydrogen (secondary N) is 1. The van der Waals surface area contributed by atoms with E-state index >= 15 is 0 Å². The summed E-state index contributed by atoms with van der Waals surface area (Å²) in [6.07, 6.45) is 8.31. The summed E-state index contributed by atoms with van der Waals surface area (Å²) in [4.78, 5) is 6.97. The molecule has 0 unspecified atom stereocenters. The van der Waals surface area contributed by atoms with Gasteiger partial charge in [-0.1, -0.05) is 30.3 Å². The van der Waals surface area contributed by atoms with Crippen molar-refractivity contribution in [3.8, 4) is 5.75 Å². The largest absolute Gasteiger partial charge is 0.494 e. The van der Waals surface area contributed by atoms with Gasteiger partial charge in [0.1, 0.15) is 11.6 Å². The molecule has 0 bridgehead atoms.